The van der Waals surface area contributed by atoms with Crippen molar-refractivity contribution >= 4 is 34.3 Å². The Hall–Kier alpha value is -3.38. The number of ether oxygens (including phenoxy) is 2. The lowest BCUT2D eigenvalue weighted by Crippen LogP contribution is -2.12. The fourth-order valence-electron chi connectivity index (χ4n) is 2.97. The maximum atomic E-state index is 12.7. The minimum absolute atomic E-state index is 0.248. The molecule has 0 spiro atoms. The Morgan fingerprint density at radius 2 is 1.71 bits per heavy atom. The maximum Gasteiger partial charge on any atom is 0.341 e. The monoisotopic (exact) mass is 435 g/mol. The molecule has 5 nitrogen and oxygen atoms in total. The third kappa shape index (κ3) is 5.83. The standard InChI is InChI=1S/C25H25NO4S/c1-4-29-20-13-11-19(12-14-20)21-16-31-24(23(21)25(28)30-5-2)26-22(27)15-10-18-8-6-17(3)7-9-18/h6-16H,4-5H2,1-3H3,(H,26,27). The van der Waals surface area contributed by atoms with Crippen LogP contribution in [-0.2, 0) is 9.53 Å². The lowest BCUT2D eigenvalue weighted by atomic mass is 10.0. The molecule has 0 atom stereocenters. The Labute approximate surface area is 186 Å². The topological polar surface area (TPSA) is 64.6 Å². The van der Waals surface area contributed by atoms with Gasteiger partial charge in [-0.15, -0.1) is 11.3 Å². The number of anilines is 1. The molecule has 1 N–H and O–H groups in total. The van der Waals surface area contributed by atoms with Gasteiger partial charge in [0.25, 0.3) is 0 Å². The first-order chi connectivity index (χ1) is 15.0. The quantitative estimate of drug-likeness (QED) is 0.351. The average molecular weight is 436 g/mol. The van der Waals surface area contributed by atoms with Crippen LogP contribution in [0.3, 0.4) is 0 Å². The largest absolute Gasteiger partial charge is 0.494 e. The smallest absolute Gasteiger partial charge is 0.341 e. The van der Waals surface area contributed by atoms with Crippen molar-refractivity contribution in [3.63, 3.8) is 0 Å². The predicted octanol–water partition coefficient (Wildman–Crippen LogP) is 5.95. The third-order valence-electron chi connectivity index (χ3n) is 4.49. The van der Waals surface area contributed by atoms with Crippen molar-refractivity contribution in [2.75, 3.05) is 18.5 Å². The lowest BCUT2D eigenvalue weighted by molar-refractivity contribution is -0.111. The highest BCUT2D eigenvalue weighted by Gasteiger charge is 2.22. The van der Waals surface area contributed by atoms with Crippen molar-refractivity contribution in [2.45, 2.75) is 20.8 Å². The van der Waals surface area contributed by atoms with Gasteiger partial charge in [0.15, 0.2) is 0 Å². The van der Waals surface area contributed by atoms with E-state index >= 15 is 0 Å². The van der Waals surface area contributed by atoms with Crippen LogP contribution in [0.25, 0.3) is 17.2 Å². The zero-order chi connectivity index (χ0) is 22.2. The summed E-state index contributed by atoms with van der Waals surface area (Å²) in [5.74, 6) is -0.0226. The summed E-state index contributed by atoms with van der Waals surface area (Å²) < 4.78 is 10.7. The Kier molecular flexibility index (Phi) is 7.62. The van der Waals surface area contributed by atoms with Gasteiger partial charge in [-0.25, -0.2) is 4.79 Å². The molecule has 6 heteroatoms. The van der Waals surface area contributed by atoms with Crippen molar-refractivity contribution in [1.29, 1.82) is 0 Å². The number of aryl methyl sites for hydroxylation is 1. The Bertz CT molecular complexity index is 1070. The van der Waals surface area contributed by atoms with Gasteiger partial charge in [-0.2, -0.15) is 0 Å². The summed E-state index contributed by atoms with van der Waals surface area (Å²) in [5.41, 5.74) is 3.99. The molecule has 0 bridgehead atoms. The number of esters is 1. The van der Waals surface area contributed by atoms with Crippen LogP contribution < -0.4 is 10.1 Å². The minimum Gasteiger partial charge on any atom is -0.494 e. The maximum absolute atomic E-state index is 12.7. The molecule has 2 aromatic carbocycles. The second-order valence-electron chi connectivity index (χ2n) is 6.76. The number of rotatable bonds is 8. The van der Waals surface area contributed by atoms with Crippen molar-refractivity contribution in [3.05, 3.63) is 76.7 Å². The molecule has 0 aliphatic heterocycles. The number of thiophene rings is 1. The van der Waals surface area contributed by atoms with Gasteiger partial charge in [0.05, 0.1) is 13.2 Å². The van der Waals surface area contributed by atoms with Crippen LogP contribution >= 0.6 is 11.3 Å². The fraction of sp³-hybridized carbons (Fsp3) is 0.200. The number of amides is 1. The lowest BCUT2D eigenvalue weighted by Gasteiger charge is -2.09. The number of nitrogens with one attached hydrogen (secondary N) is 1. The van der Waals surface area contributed by atoms with E-state index < -0.39 is 5.97 Å². The summed E-state index contributed by atoms with van der Waals surface area (Å²) in [4.78, 5) is 25.2. The highest BCUT2D eigenvalue weighted by Crippen LogP contribution is 2.37. The van der Waals surface area contributed by atoms with Crippen LogP contribution in [0.5, 0.6) is 5.75 Å². The Morgan fingerprint density at radius 3 is 2.35 bits per heavy atom. The zero-order valence-electron chi connectivity index (χ0n) is 17.8. The molecule has 0 unspecified atom stereocenters. The van der Waals surface area contributed by atoms with Crippen molar-refractivity contribution < 1.29 is 19.1 Å². The van der Waals surface area contributed by atoms with E-state index in [4.69, 9.17) is 9.47 Å². The van der Waals surface area contributed by atoms with Gasteiger partial charge in [0.1, 0.15) is 16.3 Å². The molecule has 3 rings (SSSR count). The highest BCUT2D eigenvalue weighted by atomic mass is 32.1. The molecule has 1 aromatic heterocycles. The summed E-state index contributed by atoms with van der Waals surface area (Å²) in [7, 11) is 0. The summed E-state index contributed by atoms with van der Waals surface area (Å²) in [5, 5.41) is 5.13. The minimum atomic E-state index is -0.467. The summed E-state index contributed by atoms with van der Waals surface area (Å²) in [6.07, 6.45) is 3.19. The van der Waals surface area contributed by atoms with Gasteiger partial charge in [0.2, 0.25) is 5.91 Å². The van der Waals surface area contributed by atoms with Crippen LogP contribution in [0, 0.1) is 6.92 Å². The van der Waals surface area contributed by atoms with Crippen molar-refractivity contribution in [2.24, 2.45) is 0 Å². The fourth-order valence-corrected chi connectivity index (χ4v) is 3.93. The number of benzene rings is 2. The highest BCUT2D eigenvalue weighted by molar-refractivity contribution is 7.15. The van der Waals surface area contributed by atoms with Gasteiger partial charge in [-0.05, 0) is 50.1 Å². The van der Waals surface area contributed by atoms with Gasteiger partial charge in [-0.3, -0.25) is 4.79 Å². The molecule has 3 aromatic rings. The second-order valence-corrected chi connectivity index (χ2v) is 7.64. The van der Waals surface area contributed by atoms with E-state index in [1.807, 2.05) is 67.8 Å². The molecule has 1 heterocycles. The summed E-state index contributed by atoms with van der Waals surface area (Å²) in [6.45, 7) is 6.52. The SMILES string of the molecule is CCOC(=O)c1c(-c2ccc(OCC)cc2)csc1NC(=O)C=Cc1ccc(C)cc1. The van der Waals surface area contributed by atoms with E-state index in [0.717, 1.165) is 22.4 Å². The Balaban J connectivity index is 1.85. The molecule has 0 fully saturated rings. The van der Waals surface area contributed by atoms with E-state index in [1.54, 1.807) is 13.0 Å². The van der Waals surface area contributed by atoms with E-state index in [2.05, 4.69) is 5.32 Å². The predicted molar refractivity (Wildman–Crippen MR) is 126 cm³/mol. The molecule has 0 saturated heterocycles. The molecular formula is C25H25NO4S. The van der Waals surface area contributed by atoms with E-state index in [0.29, 0.717) is 22.7 Å². The molecule has 0 aliphatic carbocycles. The Morgan fingerprint density at radius 1 is 1.00 bits per heavy atom. The number of carbonyl (C=O) groups is 2. The second kappa shape index (κ2) is 10.6. The molecule has 0 saturated carbocycles. The number of hydrogen-bond donors (Lipinski definition) is 1. The summed E-state index contributed by atoms with van der Waals surface area (Å²) in [6, 6.07) is 15.3. The first kappa shape index (κ1) is 22.3. The number of hydrogen-bond acceptors (Lipinski definition) is 5. The normalized spacial score (nSPS) is 10.8. The van der Waals surface area contributed by atoms with Crippen LogP contribution in [0.4, 0.5) is 5.00 Å². The van der Waals surface area contributed by atoms with Crippen LogP contribution in [0.2, 0.25) is 0 Å². The van der Waals surface area contributed by atoms with Crippen molar-refractivity contribution in [1.82, 2.24) is 0 Å². The van der Waals surface area contributed by atoms with Crippen LogP contribution in [0.1, 0.15) is 35.3 Å². The van der Waals surface area contributed by atoms with Crippen LogP contribution in [0.15, 0.2) is 60.0 Å². The molecule has 0 aliphatic rings. The first-order valence-corrected chi connectivity index (χ1v) is 11.0. The molecular weight excluding hydrogens is 410 g/mol. The van der Waals surface area contributed by atoms with Crippen LogP contribution in [-0.4, -0.2) is 25.1 Å². The average Bonchev–Trinajstić information content (AvgIpc) is 3.18. The molecule has 160 valence electrons. The first-order valence-electron chi connectivity index (χ1n) is 10.1. The van der Waals surface area contributed by atoms with Gasteiger partial charge in [0, 0.05) is 17.0 Å². The van der Waals surface area contributed by atoms with Gasteiger partial charge in [-0.1, -0.05) is 42.0 Å². The van der Waals surface area contributed by atoms with Gasteiger partial charge >= 0.3 is 5.97 Å². The zero-order valence-corrected chi connectivity index (χ0v) is 18.6. The molecule has 31 heavy (non-hydrogen) atoms. The molecule has 0 radical (unpaired) electrons. The molecule has 1 amide bonds. The summed E-state index contributed by atoms with van der Waals surface area (Å²) >= 11 is 1.29. The number of carbonyl (C=O) groups excluding carboxylic acids is 2. The third-order valence-corrected chi connectivity index (χ3v) is 5.38. The van der Waals surface area contributed by atoms with E-state index in [1.165, 1.54) is 17.4 Å². The van der Waals surface area contributed by atoms with Crippen molar-refractivity contribution in [3.8, 4) is 16.9 Å². The van der Waals surface area contributed by atoms with Gasteiger partial charge < -0.3 is 14.8 Å². The van der Waals surface area contributed by atoms with E-state index in [9.17, 15) is 9.59 Å². The van der Waals surface area contributed by atoms with E-state index in [-0.39, 0.29) is 12.5 Å².